The molecule has 2 aromatic rings. The summed E-state index contributed by atoms with van der Waals surface area (Å²) >= 11 is 0. The standard InChI is InChI=1S/C26H30O4/c1-16(2)26(15-29-22-14-18(30-23(27)28)8-10-20(22)26)17-7-9-19-21(13-17)25(5,6)12-11-24(19,3)4/h7-10,13-14H,1,11-12,15H2,2-6H3,(H,27,28). The fraction of sp³-hybridized carbons (Fsp3) is 0.423. The molecule has 1 heterocycles. The third kappa shape index (κ3) is 3.01. The maximum atomic E-state index is 10.9. The quantitative estimate of drug-likeness (QED) is 0.367. The van der Waals surface area contributed by atoms with Crippen molar-refractivity contribution in [2.75, 3.05) is 6.61 Å². The van der Waals surface area contributed by atoms with Crippen molar-refractivity contribution >= 4 is 6.16 Å². The average molecular weight is 407 g/mol. The summed E-state index contributed by atoms with van der Waals surface area (Å²) in [5.74, 6) is 0.904. The van der Waals surface area contributed by atoms with Gasteiger partial charge in [0.2, 0.25) is 0 Å². The Morgan fingerprint density at radius 1 is 1.00 bits per heavy atom. The lowest BCUT2D eigenvalue weighted by molar-refractivity contribution is 0.144. The topological polar surface area (TPSA) is 55.8 Å². The maximum absolute atomic E-state index is 10.9. The van der Waals surface area contributed by atoms with Crippen LogP contribution in [0, 0.1) is 0 Å². The van der Waals surface area contributed by atoms with Gasteiger partial charge in [-0.3, -0.25) is 0 Å². The molecule has 4 heteroatoms. The Balaban J connectivity index is 1.87. The molecule has 158 valence electrons. The summed E-state index contributed by atoms with van der Waals surface area (Å²) in [5, 5.41) is 8.91. The second kappa shape index (κ2) is 6.63. The summed E-state index contributed by atoms with van der Waals surface area (Å²) in [7, 11) is 0. The van der Waals surface area contributed by atoms with Gasteiger partial charge < -0.3 is 14.6 Å². The minimum absolute atomic E-state index is 0.110. The highest BCUT2D eigenvalue weighted by Gasteiger charge is 2.45. The normalized spacial score (nSPS) is 23.1. The third-order valence-corrected chi connectivity index (χ3v) is 7.14. The van der Waals surface area contributed by atoms with Crippen LogP contribution in [0.2, 0.25) is 0 Å². The van der Waals surface area contributed by atoms with E-state index in [0.717, 1.165) is 17.6 Å². The maximum Gasteiger partial charge on any atom is 0.511 e. The van der Waals surface area contributed by atoms with Crippen molar-refractivity contribution in [1.82, 2.24) is 0 Å². The molecule has 1 N–H and O–H groups in total. The number of hydrogen-bond acceptors (Lipinski definition) is 3. The first-order valence-electron chi connectivity index (χ1n) is 10.5. The Bertz CT molecular complexity index is 1050. The molecule has 2 aromatic carbocycles. The zero-order valence-electron chi connectivity index (χ0n) is 18.5. The van der Waals surface area contributed by atoms with Crippen LogP contribution in [0.3, 0.4) is 0 Å². The van der Waals surface area contributed by atoms with E-state index in [-0.39, 0.29) is 16.6 Å². The predicted molar refractivity (Wildman–Crippen MR) is 118 cm³/mol. The number of ether oxygens (including phenoxy) is 2. The van der Waals surface area contributed by atoms with Gasteiger partial charge in [0.05, 0.1) is 5.41 Å². The highest BCUT2D eigenvalue weighted by atomic mass is 16.7. The molecular formula is C26H30O4. The van der Waals surface area contributed by atoms with Crippen LogP contribution < -0.4 is 9.47 Å². The van der Waals surface area contributed by atoms with Gasteiger partial charge in [-0.1, -0.05) is 64.1 Å². The predicted octanol–water partition coefficient (Wildman–Crippen LogP) is 6.35. The largest absolute Gasteiger partial charge is 0.511 e. The van der Waals surface area contributed by atoms with E-state index < -0.39 is 11.6 Å². The molecule has 1 unspecified atom stereocenters. The van der Waals surface area contributed by atoms with Crippen molar-refractivity contribution in [2.45, 2.75) is 63.7 Å². The minimum Gasteiger partial charge on any atom is -0.491 e. The summed E-state index contributed by atoms with van der Waals surface area (Å²) in [6.07, 6.45) is 0.995. The van der Waals surface area contributed by atoms with E-state index in [2.05, 4.69) is 52.5 Å². The van der Waals surface area contributed by atoms with Crippen molar-refractivity contribution in [3.05, 3.63) is 70.8 Å². The molecule has 0 saturated carbocycles. The first kappa shape index (κ1) is 20.5. The highest BCUT2D eigenvalue weighted by molar-refractivity contribution is 5.64. The van der Waals surface area contributed by atoms with Gasteiger partial charge in [0.25, 0.3) is 0 Å². The molecular weight excluding hydrogens is 376 g/mol. The van der Waals surface area contributed by atoms with Crippen molar-refractivity contribution in [3.63, 3.8) is 0 Å². The van der Waals surface area contributed by atoms with E-state index in [1.807, 2.05) is 13.0 Å². The van der Waals surface area contributed by atoms with Crippen molar-refractivity contribution in [1.29, 1.82) is 0 Å². The van der Waals surface area contributed by atoms with E-state index in [9.17, 15) is 4.79 Å². The molecule has 1 aliphatic carbocycles. The van der Waals surface area contributed by atoms with Gasteiger partial charge in [0.1, 0.15) is 18.1 Å². The molecule has 0 saturated heterocycles. The number of benzene rings is 2. The number of hydrogen-bond donors (Lipinski definition) is 1. The molecule has 30 heavy (non-hydrogen) atoms. The first-order valence-corrected chi connectivity index (χ1v) is 10.5. The van der Waals surface area contributed by atoms with Crippen LogP contribution >= 0.6 is 0 Å². The summed E-state index contributed by atoms with van der Waals surface area (Å²) in [6.45, 7) is 16.1. The monoisotopic (exact) mass is 406 g/mol. The van der Waals surface area contributed by atoms with Crippen molar-refractivity contribution < 1.29 is 19.4 Å². The van der Waals surface area contributed by atoms with E-state index >= 15 is 0 Å². The van der Waals surface area contributed by atoms with Crippen molar-refractivity contribution in [3.8, 4) is 11.5 Å². The summed E-state index contributed by atoms with van der Waals surface area (Å²) in [5.41, 5.74) is 5.79. The fourth-order valence-corrected chi connectivity index (χ4v) is 5.10. The molecule has 0 radical (unpaired) electrons. The number of carbonyl (C=O) groups is 1. The van der Waals surface area contributed by atoms with Crippen LogP contribution in [0.25, 0.3) is 0 Å². The van der Waals surface area contributed by atoms with Gasteiger partial charge in [-0.25, -0.2) is 4.79 Å². The summed E-state index contributed by atoms with van der Waals surface area (Å²) < 4.78 is 10.9. The van der Waals surface area contributed by atoms with Gasteiger partial charge >= 0.3 is 6.16 Å². The average Bonchev–Trinajstić information content (AvgIpc) is 3.05. The summed E-state index contributed by atoms with van der Waals surface area (Å²) in [6, 6.07) is 12.1. The van der Waals surface area contributed by atoms with Crippen LogP contribution in [0.15, 0.2) is 48.6 Å². The molecule has 0 spiro atoms. The third-order valence-electron chi connectivity index (χ3n) is 7.14. The van der Waals surface area contributed by atoms with Crippen LogP contribution in [0.1, 0.15) is 69.7 Å². The zero-order chi connectivity index (χ0) is 21.9. The van der Waals surface area contributed by atoms with Crippen LogP contribution in [0.5, 0.6) is 11.5 Å². The molecule has 1 aliphatic heterocycles. The van der Waals surface area contributed by atoms with E-state index in [4.69, 9.17) is 14.6 Å². The molecule has 2 aliphatic rings. The first-order chi connectivity index (χ1) is 14.0. The minimum atomic E-state index is -1.33. The van der Waals surface area contributed by atoms with Gasteiger partial charge in [-0.2, -0.15) is 0 Å². The lowest BCUT2D eigenvalue weighted by atomic mass is 9.61. The Hall–Kier alpha value is -2.75. The zero-order valence-corrected chi connectivity index (χ0v) is 18.5. The highest BCUT2D eigenvalue weighted by Crippen LogP contribution is 2.52. The molecule has 0 aromatic heterocycles. The van der Waals surface area contributed by atoms with Gasteiger partial charge in [0.15, 0.2) is 0 Å². The molecule has 1 atom stereocenters. The fourth-order valence-electron chi connectivity index (χ4n) is 5.10. The number of fused-ring (bicyclic) bond motifs is 2. The van der Waals surface area contributed by atoms with Gasteiger partial charge in [0, 0.05) is 11.6 Å². The molecule has 4 nitrogen and oxygen atoms in total. The smallest absolute Gasteiger partial charge is 0.491 e. The number of carboxylic acid groups (broad SMARTS) is 1. The molecule has 0 fully saturated rings. The Labute approximate surface area is 178 Å². The SMILES string of the molecule is C=C(C)C1(c2ccc3c(c2)C(C)(C)CCC3(C)C)COc2cc(OC(=O)O)ccc21. The molecule has 4 rings (SSSR count). The van der Waals surface area contributed by atoms with Gasteiger partial charge in [-0.05, 0) is 53.4 Å². The lowest BCUT2D eigenvalue weighted by Gasteiger charge is -2.43. The van der Waals surface area contributed by atoms with Crippen LogP contribution in [-0.2, 0) is 16.2 Å². The molecule has 0 bridgehead atoms. The second-order valence-corrected chi connectivity index (χ2v) is 10.0. The molecule has 0 amide bonds. The summed E-state index contributed by atoms with van der Waals surface area (Å²) in [4.78, 5) is 10.9. The Kier molecular flexibility index (Phi) is 4.53. The lowest BCUT2D eigenvalue weighted by Crippen LogP contribution is -2.36. The van der Waals surface area contributed by atoms with Crippen LogP contribution in [-0.4, -0.2) is 17.9 Å². The second-order valence-electron chi connectivity index (χ2n) is 10.0. The Morgan fingerprint density at radius 3 is 2.27 bits per heavy atom. The van der Waals surface area contributed by atoms with Crippen molar-refractivity contribution in [2.24, 2.45) is 0 Å². The van der Waals surface area contributed by atoms with E-state index in [1.54, 1.807) is 12.1 Å². The van der Waals surface area contributed by atoms with E-state index in [1.165, 1.54) is 23.1 Å². The number of rotatable bonds is 3. The van der Waals surface area contributed by atoms with E-state index in [0.29, 0.717) is 12.4 Å². The van der Waals surface area contributed by atoms with Gasteiger partial charge in [-0.15, -0.1) is 0 Å². The van der Waals surface area contributed by atoms with Crippen LogP contribution in [0.4, 0.5) is 4.79 Å². The Morgan fingerprint density at radius 2 is 1.63 bits per heavy atom.